The SMILES string of the molecule is CN(C)Cc1ccc(NCc2csnn2)cc1. The number of benzene rings is 1. The van der Waals surface area contributed by atoms with Crippen molar-refractivity contribution in [2.75, 3.05) is 19.4 Å². The van der Waals surface area contributed by atoms with Gasteiger partial charge in [-0.2, -0.15) is 0 Å². The summed E-state index contributed by atoms with van der Waals surface area (Å²) in [6.45, 7) is 1.69. The predicted molar refractivity (Wildman–Crippen MR) is 71.1 cm³/mol. The molecular weight excluding hydrogens is 232 g/mol. The van der Waals surface area contributed by atoms with Crippen LogP contribution < -0.4 is 5.32 Å². The van der Waals surface area contributed by atoms with Crippen LogP contribution in [0.3, 0.4) is 0 Å². The second-order valence-corrected chi connectivity index (χ2v) is 4.79. The molecule has 0 atom stereocenters. The summed E-state index contributed by atoms with van der Waals surface area (Å²) in [5, 5.41) is 9.26. The standard InChI is InChI=1S/C12H16N4S/c1-16(2)8-10-3-5-11(6-4-10)13-7-12-9-17-15-14-12/h3-6,9,13H,7-8H2,1-2H3. The molecule has 0 aliphatic rings. The van der Waals surface area contributed by atoms with Gasteiger partial charge in [-0.15, -0.1) is 5.10 Å². The highest BCUT2D eigenvalue weighted by Crippen LogP contribution is 2.11. The summed E-state index contributed by atoms with van der Waals surface area (Å²) in [5.41, 5.74) is 3.41. The van der Waals surface area contributed by atoms with E-state index in [1.807, 2.05) is 5.38 Å². The fraction of sp³-hybridized carbons (Fsp3) is 0.333. The maximum Gasteiger partial charge on any atom is 0.0946 e. The first-order chi connectivity index (χ1) is 8.24. The Morgan fingerprint density at radius 1 is 1.24 bits per heavy atom. The van der Waals surface area contributed by atoms with Crippen molar-refractivity contribution in [3.8, 4) is 0 Å². The van der Waals surface area contributed by atoms with Gasteiger partial charge < -0.3 is 10.2 Å². The van der Waals surface area contributed by atoms with Crippen LogP contribution in [0.5, 0.6) is 0 Å². The predicted octanol–water partition coefficient (Wildman–Crippen LogP) is 2.21. The molecule has 5 heteroatoms. The normalized spacial score (nSPS) is 10.8. The molecule has 90 valence electrons. The minimum absolute atomic E-state index is 0.726. The first kappa shape index (κ1) is 12.0. The topological polar surface area (TPSA) is 41.0 Å². The van der Waals surface area contributed by atoms with Gasteiger partial charge in [-0.3, -0.25) is 0 Å². The van der Waals surface area contributed by atoms with Gasteiger partial charge >= 0.3 is 0 Å². The van der Waals surface area contributed by atoms with Gasteiger partial charge in [-0.05, 0) is 43.3 Å². The largest absolute Gasteiger partial charge is 0.379 e. The molecule has 2 aromatic rings. The van der Waals surface area contributed by atoms with E-state index < -0.39 is 0 Å². The Morgan fingerprint density at radius 2 is 2.00 bits per heavy atom. The van der Waals surface area contributed by atoms with Crippen LogP contribution in [0.1, 0.15) is 11.3 Å². The van der Waals surface area contributed by atoms with Crippen molar-refractivity contribution < 1.29 is 0 Å². The first-order valence-electron chi connectivity index (χ1n) is 5.47. The Labute approximate surface area is 105 Å². The quantitative estimate of drug-likeness (QED) is 0.881. The van der Waals surface area contributed by atoms with Gasteiger partial charge in [-0.25, -0.2) is 0 Å². The van der Waals surface area contributed by atoms with E-state index in [2.05, 4.69) is 58.2 Å². The Hall–Kier alpha value is -1.46. The number of nitrogens with one attached hydrogen (secondary N) is 1. The van der Waals surface area contributed by atoms with Crippen molar-refractivity contribution in [1.29, 1.82) is 0 Å². The smallest absolute Gasteiger partial charge is 0.0946 e. The number of anilines is 1. The van der Waals surface area contributed by atoms with Crippen LogP contribution in [0, 0.1) is 0 Å². The van der Waals surface area contributed by atoms with E-state index in [-0.39, 0.29) is 0 Å². The number of nitrogens with zero attached hydrogens (tertiary/aromatic N) is 3. The Morgan fingerprint density at radius 3 is 2.59 bits per heavy atom. The molecular formula is C12H16N4S. The molecule has 1 aromatic carbocycles. The van der Waals surface area contributed by atoms with Crippen molar-refractivity contribution in [1.82, 2.24) is 14.5 Å². The number of hydrogen-bond acceptors (Lipinski definition) is 5. The minimum Gasteiger partial charge on any atom is -0.379 e. The molecule has 4 nitrogen and oxygen atoms in total. The zero-order valence-electron chi connectivity index (χ0n) is 10.1. The fourth-order valence-corrected chi connectivity index (χ4v) is 2.00. The van der Waals surface area contributed by atoms with Crippen LogP contribution in [0.15, 0.2) is 29.6 Å². The maximum atomic E-state index is 3.99. The van der Waals surface area contributed by atoms with Gasteiger partial charge in [0.1, 0.15) is 0 Å². The zero-order valence-corrected chi connectivity index (χ0v) is 10.9. The molecule has 0 saturated heterocycles. The van der Waals surface area contributed by atoms with E-state index in [1.54, 1.807) is 0 Å². The van der Waals surface area contributed by atoms with Crippen LogP contribution in [-0.2, 0) is 13.1 Å². The molecule has 0 aliphatic carbocycles. The van der Waals surface area contributed by atoms with E-state index in [9.17, 15) is 0 Å². The van der Waals surface area contributed by atoms with Gasteiger partial charge in [0.05, 0.1) is 12.2 Å². The Balaban J connectivity index is 1.89. The third-order valence-corrected chi connectivity index (χ3v) is 2.88. The lowest BCUT2D eigenvalue weighted by molar-refractivity contribution is 0.402. The van der Waals surface area contributed by atoms with Crippen molar-refractivity contribution in [2.45, 2.75) is 13.1 Å². The average molecular weight is 248 g/mol. The van der Waals surface area contributed by atoms with E-state index in [4.69, 9.17) is 0 Å². The molecule has 0 amide bonds. The molecule has 0 fully saturated rings. The fourth-order valence-electron chi connectivity index (χ4n) is 1.55. The van der Waals surface area contributed by atoms with E-state index >= 15 is 0 Å². The Bertz CT molecular complexity index is 436. The van der Waals surface area contributed by atoms with Crippen molar-refractivity contribution in [3.05, 3.63) is 40.9 Å². The number of aromatic nitrogens is 2. The summed E-state index contributed by atoms with van der Waals surface area (Å²) in [6, 6.07) is 8.47. The highest BCUT2D eigenvalue weighted by Gasteiger charge is 1.98. The van der Waals surface area contributed by atoms with E-state index in [0.29, 0.717) is 0 Å². The van der Waals surface area contributed by atoms with Crippen molar-refractivity contribution in [2.24, 2.45) is 0 Å². The molecule has 0 aliphatic heterocycles. The Kier molecular flexibility index (Phi) is 4.06. The summed E-state index contributed by atoms with van der Waals surface area (Å²) in [6.07, 6.45) is 0. The monoisotopic (exact) mass is 248 g/mol. The average Bonchev–Trinajstić information content (AvgIpc) is 2.80. The maximum absolute atomic E-state index is 3.99. The van der Waals surface area contributed by atoms with Gasteiger partial charge in [0.25, 0.3) is 0 Å². The second kappa shape index (κ2) is 5.75. The third-order valence-electron chi connectivity index (χ3n) is 2.33. The first-order valence-corrected chi connectivity index (χ1v) is 6.31. The summed E-state index contributed by atoms with van der Waals surface area (Å²) < 4.78 is 3.83. The lowest BCUT2D eigenvalue weighted by atomic mass is 10.2. The van der Waals surface area contributed by atoms with Gasteiger partial charge in [0.15, 0.2) is 0 Å². The number of hydrogen-bond donors (Lipinski definition) is 1. The van der Waals surface area contributed by atoms with Crippen LogP contribution in [0.25, 0.3) is 0 Å². The highest BCUT2D eigenvalue weighted by atomic mass is 32.1. The lowest BCUT2D eigenvalue weighted by Crippen LogP contribution is -2.10. The number of rotatable bonds is 5. The molecule has 1 aromatic heterocycles. The second-order valence-electron chi connectivity index (χ2n) is 4.18. The van der Waals surface area contributed by atoms with Crippen LogP contribution in [-0.4, -0.2) is 28.6 Å². The third kappa shape index (κ3) is 3.80. The summed E-state index contributed by atoms with van der Waals surface area (Å²) >= 11 is 1.38. The van der Waals surface area contributed by atoms with Crippen LogP contribution >= 0.6 is 11.5 Å². The minimum atomic E-state index is 0.726. The van der Waals surface area contributed by atoms with Crippen LogP contribution in [0.2, 0.25) is 0 Å². The van der Waals surface area contributed by atoms with Gasteiger partial charge in [-0.1, -0.05) is 16.6 Å². The van der Waals surface area contributed by atoms with Gasteiger partial charge in [0, 0.05) is 17.6 Å². The molecule has 0 spiro atoms. The molecule has 1 N–H and O–H groups in total. The highest BCUT2D eigenvalue weighted by molar-refractivity contribution is 7.03. The van der Waals surface area contributed by atoms with Crippen LogP contribution in [0.4, 0.5) is 5.69 Å². The molecule has 0 bridgehead atoms. The summed E-state index contributed by atoms with van der Waals surface area (Å²) in [5.74, 6) is 0. The summed E-state index contributed by atoms with van der Waals surface area (Å²) in [7, 11) is 4.14. The van der Waals surface area contributed by atoms with Crippen molar-refractivity contribution in [3.63, 3.8) is 0 Å². The van der Waals surface area contributed by atoms with E-state index in [0.717, 1.165) is 24.5 Å². The molecule has 17 heavy (non-hydrogen) atoms. The lowest BCUT2D eigenvalue weighted by Gasteiger charge is -2.10. The van der Waals surface area contributed by atoms with E-state index in [1.165, 1.54) is 17.1 Å². The molecule has 0 saturated carbocycles. The van der Waals surface area contributed by atoms with Crippen molar-refractivity contribution >= 4 is 17.2 Å². The molecule has 2 rings (SSSR count). The zero-order chi connectivity index (χ0) is 12.1. The molecule has 0 radical (unpaired) electrons. The summed E-state index contributed by atoms with van der Waals surface area (Å²) in [4.78, 5) is 2.16. The molecule has 0 unspecified atom stereocenters. The molecule has 1 heterocycles. The van der Waals surface area contributed by atoms with Gasteiger partial charge in [0.2, 0.25) is 0 Å².